The van der Waals surface area contributed by atoms with Crippen LogP contribution in [-0.2, 0) is 4.79 Å². The molecule has 0 amide bonds. The zero-order chi connectivity index (χ0) is 12.9. The van der Waals surface area contributed by atoms with Gasteiger partial charge >= 0.3 is 6.18 Å². The number of alkyl halides is 3. The number of nitrogen functional groups attached to an aromatic ring is 1. The number of aryl methyl sites for hydroxylation is 1. The monoisotopic (exact) mass is 300 g/mol. The summed E-state index contributed by atoms with van der Waals surface area (Å²) in [5.74, 6) is -2.29. The Morgan fingerprint density at radius 2 is 1.94 bits per heavy atom. The van der Waals surface area contributed by atoms with E-state index in [1.54, 1.807) is 0 Å². The molecule has 16 heavy (non-hydrogen) atoms. The molecule has 1 aromatic heterocycles. The first kappa shape index (κ1) is 14.7. The second-order valence-corrected chi connectivity index (χ2v) is 3.54. The third-order valence-corrected chi connectivity index (χ3v) is 1.85. The molecule has 0 fully saturated rings. The minimum atomic E-state index is -5.19. The topological polar surface area (TPSA) is 80.3 Å². The fourth-order valence-corrected chi connectivity index (χ4v) is 0.903. The third-order valence-electron chi connectivity index (χ3n) is 1.39. The Hall–Kier alpha value is -1.31. The maximum absolute atomic E-state index is 10.5. The highest BCUT2D eigenvalue weighted by Gasteiger charge is 2.28. The van der Waals surface area contributed by atoms with Crippen LogP contribution in [0.5, 0.6) is 0 Å². The minimum Gasteiger partial charge on any atom is -0.542 e. The molecule has 1 aromatic rings. The van der Waals surface area contributed by atoms with E-state index >= 15 is 0 Å². The third kappa shape index (κ3) is 5.54. The molecule has 0 aliphatic rings. The predicted octanol–water partition coefficient (Wildman–Crippen LogP) is 0.452. The Balaban J connectivity index is 0.000000293. The number of halogens is 4. The summed E-state index contributed by atoms with van der Waals surface area (Å²) in [5.41, 5.74) is 6.60. The van der Waals surface area contributed by atoms with Gasteiger partial charge in [-0.25, -0.2) is 4.98 Å². The lowest BCUT2D eigenvalue weighted by Crippen LogP contribution is -2.37. The number of carbonyl (C=O) groups is 1. The Labute approximate surface area is 97.4 Å². The van der Waals surface area contributed by atoms with Crippen LogP contribution in [0.2, 0.25) is 0 Å². The predicted molar refractivity (Wildman–Crippen MR) is 50.9 cm³/mol. The summed E-state index contributed by atoms with van der Waals surface area (Å²) in [7, 11) is 0. The van der Waals surface area contributed by atoms with Crippen molar-refractivity contribution in [3.8, 4) is 0 Å². The molecule has 0 radical (unpaired) electrons. The normalized spacial score (nSPS) is 10.3. The van der Waals surface area contributed by atoms with Crippen LogP contribution in [0.4, 0.5) is 19.0 Å². The van der Waals surface area contributed by atoms with Crippen molar-refractivity contribution < 1.29 is 28.1 Å². The Bertz CT molecular complexity index is 382. The second-order valence-electron chi connectivity index (χ2n) is 2.69. The van der Waals surface area contributed by atoms with E-state index in [-0.39, 0.29) is 0 Å². The molecule has 0 bridgehead atoms. The smallest absolute Gasteiger partial charge is 0.430 e. The first-order chi connectivity index (χ1) is 7.14. The average Bonchev–Trinajstić information content (AvgIpc) is 2.11. The van der Waals surface area contributed by atoms with Gasteiger partial charge in [0.05, 0.1) is 0 Å². The number of aromatic amines is 1. The SMILES string of the molecule is Cc1ccc(Br)[nH+]c1N.O=C([O-])C(F)(F)F. The van der Waals surface area contributed by atoms with Gasteiger partial charge in [0.15, 0.2) is 4.60 Å². The number of nitrogens with one attached hydrogen (secondary N) is 1. The summed E-state index contributed by atoms with van der Waals surface area (Å²) in [4.78, 5) is 11.7. The molecular formula is C8H8BrF3N2O2. The highest BCUT2D eigenvalue weighted by atomic mass is 79.9. The average molecular weight is 301 g/mol. The van der Waals surface area contributed by atoms with E-state index in [1.807, 2.05) is 19.1 Å². The number of aromatic nitrogens is 1. The van der Waals surface area contributed by atoms with Gasteiger partial charge in [-0.3, -0.25) is 5.73 Å². The molecule has 4 nitrogen and oxygen atoms in total. The second kappa shape index (κ2) is 5.69. The van der Waals surface area contributed by atoms with Crippen molar-refractivity contribution >= 4 is 27.7 Å². The van der Waals surface area contributed by atoms with Gasteiger partial charge < -0.3 is 9.90 Å². The summed E-state index contributed by atoms with van der Waals surface area (Å²) in [6, 6.07) is 3.88. The Kier molecular flexibility index (Phi) is 5.22. The molecule has 8 heteroatoms. The summed E-state index contributed by atoms with van der Waals surface area (Å²) < 4.78 is 32.5. The highest BCUT2D eigenvalue weighted by Crippen LogP contribution is 2.11. The van der Waals surface area contributed by atoms with Crippen molar-refractivity contribution in [2.24, 2.45) is 0 Å². The number of hydrogen-bond acceptors (Lipinski definition) is 3. The molecule has 0 aliphatic heterocycles. The van der Waals surface area contributed by atoms with Crippen LogP contribution in [0.1, 0.15) is 5.56 Å². The molecule has 0 atom stereocenters. The molecular weight excluding hydrogens is 293 g/mol. The van der Waals surface area contributed by atoms with Gasteiger partial charge in [0.2, 0.25) is 0 Å². The standard InChI is InChI=1S/C6H7BrN2.C2HF3O2/c1-4-2-3-5(7)9-6(4)8;3-2(4,5)1(6)7/h2-3H,1H3,(H2,8,9);(H,6,7). The number of H-pyrrole nitrogens is 1. The van der Waals surface area contributed by atoms with Gasteiger partial charge in [-0.15, -0.1) is 0 Å². The van der Waals surface area contributed by atoms with Crippen molar-refractivity contribution in [2.75, 3.05) is 5.73 Å². The largest absolute Gasteiger partial charge is 0.542 e. The van der Waals surface area contributed by atoms with Crippen LogP contribution in [0.25, 0.3) is 0 Å². The fourth-order valence-electron chi connectivity index (χ4n) is 0.557. The van der Waals surface area contributed by atoms with Crippen molar-refractivity contribution in [1.82, 2.24) is 0 Å². The summed E-state index contributed by atoms with van der Waals surface area (Å²) >= 11 is 3.26. The van der Waals surface area contributed by atoms with E-state index in [0.29, 0.717) is 5.82 Å². The van der Waals surface area contributed by atoms with Crippen LogP contribution in [0.15, 0.2) is 16.7 Å². The molecule has 0 aliphatic carbocycles. The van der Waals surface area contributed by atoms with Gasteiger partial charge in [0, 0.05) is 5.56 Å². The van der Waals surface area contributed by atoms with Gasteiger partial charge in [0.1, 0.15) is 5.97 Å². The van der Waals surface area contributed by atoms with Crippen molar-refractivity contribution in [1.29, 1.82) is 0 Å². The van der Waals surface area contributed by atoms with E-state index in [9.17, 15) is 13.2 Å². The molecule has 1 rings (SSSR count). The maximum Gasteiger partial charge on any atom is 0.430 e. The van der Waals surface area contributed by atoms with Crippen LogP contribution in [0.3, 0.4) is 0 Å². The van der Waals surface area contributed by atoms with E-state index in [2.05, 4.69) is 20.9 Å². The number of pyridine rings is 1. The van der Waals surface area contributed by atoms with Gasteiger partial charge in [-0.1, -0.05) is 0 Å². The molecule has 0 saturated carbocycles. The van der Waals surface area contributed by atoms with E-state index in [4.69, 9.17) is 15.6 Å². The lowest BCUT2D eigenvalue weighted by atomic mass is 10.3. The fraction of sp³-hybridized carbons (Fsp3) is 0.250. The van der Waals surface area contributed by atoms with E-state index in [1.165, 1.54) is 0 Å². The summed E-state index contributed by atoms with van der Waals surface area (Å²) in [6.07, 6.45) is -5.19. The Morgan fingerprint density at radius 3 is 2.19 bits per heavy atom. The molecule has 0 spiro atoms. The van der Waals surface area contributed by atoms with Gasteiger partial charge in [-0.05, 0) is 35.0 Å². The number of anilines is 1. The van der Waals surface area contributed by atoms with E-state index in [0.717, 1.165) is 10.2 Å². The van der Waals surface area contributed by atoms with Crippen LogP contribution >= 0.6 is 15.9 Å². The summed E-state index contributed by atoms with van der Waals surface area (Å²) in [6.45, 7) is 1.96. The molecule has 0 aromatic carbocycles. The van der Waals surface area contributed by atoms with Gasteiger partial charge in [-0.2, -0.15) is 13.2 Å². The zero-order valence-electron chi connectivity index (χ0n) is 8.06. The lowest BCUT2D eigenvalue weighted by Gasteiger charge is -2.03. The van der Waals surface area contributed by atoms with Gasteiger partial charge in [0.25, 0.3) is 5.82 Å². The number of carbonyl (C=O) groups excluding carboxylic acids is 1. The number of hydrogen-bond donors (Lipinski definition) is 1. The number of rotatable bonds is 0. The number of carboxylic acid groups (broad SMARTS) is 1. The quantitative estimate of drug-likeness (QED) is 0.707. The first-order valence-electron chi connectivity index (χ1n) is 3.86. The highest BCUT2D eigenvalue weighted by molar-refractivity contribution is 9.10. The van der Waals surface area contributed by atoms with Crippen molar-refractivity contribution in [3.63, 3.8) is 0 Å². The molecule has 90 valence electrons. The maximum atomic E-state index is 10.5. The minimum absolute atomic E-state index is 0.712. The van der Waals surface area contributed by atoms with Crippen molar-refractivity contribution in [3.05, 3.63) is 22.3 Å². The molecule has 3 N–H and O–H groups in total. The van der Waals surface area contributed by atoms with Crippen molar-refractivity contribution in [2.45, 2.75) is 13.1 Å². The first-order valence-corrected chi connectivity index (χ1v) is 4.66. The van der Waals surface area contributed by atoms with Crippen LogP contribution < -0.4 is 15.8 Å². The number of nitrogens with two attached hydrogens (primary N) is 1. The van der Waals surface area contributed by atoms with Crippen LogP contribution in [0, 0.1) is 6.92 Å². The summed E-state index contributed by atoms with van der Waals surface area (Å²) in [5, 5.41) is 8.78. The lowest BCUT2D eigenvalue weighted by molar-refractivity contribution is -0.375. The van der Waals surface area contributed by atoms with Crippen LogP contribution in [-0.4, -0.2) is 12.1 Å². The molecule has 0 saturated heterocycles. The number of aliphatic carboxylic acids is 1. The Morgan fingerprint density at radius 1 is 1.50 bits per heavy atom. The molecule has 0 unspecified atom stereocenters. The zero-order valence-corrected chi connectivity index (χ0v) is 9.65. The molecule has 1 heterocycles. The number of carboxylic acids is 1. The van der Waals surface area contributed by atoms with E-state index < -0.39 is 12.1 Å².